The quantitative estimate of drug-likeness (QED) is 0.185. The Morgan fingerprint density at radius 3 is 1.53 bits per heavy atom. The molecule has 0 nitrogen and oxygen atoms in total. The average Bonchev–Trinajstić information content (AvgIpc) is 3.10. The van der Waals surface area contributed by atoms with Crippen LogP contribution in [0.3, 0.4) is 0 Å². The molecule has 0 amide bonds. The van der Waals surface area contributed by atoms with Crippen molar-refractivity contribution in [2.75, 3.05) is 0 Å². The second kappa shape index (κ2) is 9.78. The van der Waals surface area contributed by atoms with Gasteiger partial charge in [0.2, 0.25) is 0 Å². The zero-order valence-corrected chi connectivity index (χ0v) is 25.5. The lowest BCUT2D eigenvalue weighted by Crippen LogP contribution is -2.23. The molecule has 0 bridgehead atoms. The zero-order chi connectivity index (χ0) is 30.1. The molecule has 8 aromatic rings. The molecule has 0 aliphatic heterocycles. The van der Waals surface area contributed by atoms with E-state index in [1.54, 1.807) is 0 Å². The van der Waals surface area contributed by atoms with Gasteiger partial charge in [0.15, 0.2) is 0 Å². The van der Waals surface area contributed by atoms with E-state index < -0.39 is 0 Å². The van der Waals surface area contributed by atoms with Crippen molar-refractivity contribution < 1.29 is 0 Å². The number of fused-ring (bicyclic) bond motifs is 4. The molecule has 0 spiro atoms. The van der Waals surface area contributed by atoms with Gasteiger partial charge in [-0.15, -0.1) is 0 Å². The third-order valence-corrected chi connectivity index (χ3v) is 10.1. The smallest absolute Gasteiger partial charge is 0.0159 e. The first-order chi connectivity index (χ1) is 22.1. The third-order valence-electron chi connectivity index (χ3n) is 10.1. The van der Waals surface area contributed by atoms with Gasteiger partial charge in [0.05, 0.1) is 0 Å². The van der Waals surface area contributed by atoms with Gasteiger partial charge in [-0.3, -0.25) is 0 Å². The highest BCUT2D eigenvalue weighted by Crippen LogP contribution is 2.50. The molecule has 0 heteroatoms. The molecule has 0 N–H and O–H groups in total. The van der Waals surface area contributed by atoms with E-state index in [2.05, 4.69) is 172 Å². The average molecular weight is 573 g/mol. The van der Waals surface area contributed by atoms with Gasteiger partial charge in [0.1, 0.15) is 0 Å². The Morgan fingerprint density at radius 1 is 0.333 bits per heavy atom. The highest BCUT2D eigenvalue weighted by atomic mass is 14.4. The van der Waals surface area contributed by atoms with Crippen LogP contribution in [0.25, 0.3) is 76.8 Å². The van der Waals surface area contributed by atoms with E-state index in [0.29, 0.717) is 0 Å². The van der Waals surface area contributed by atoms with Crippen molar-refractivity contribution in [2.24, 2.45) is 0 Å². The van der Waals surface area contributed by atoms with Crippen molar-refractivity contribution in [3.8, 4) is 44.5 Å². The van der Waals surface area contributed by atoms with Crippen molar-refractivity contribution in [1.29, 1.82) is 0 Å². The van der Waals surface area contributed by atoms with E-state index in [-0.39, 0.29) is 5.41 Å². The lowest BCUT2D eigenvalue weighted by Gasteiger charge is -2.35. The molecule has 0 saturated carbocycles. The number of hydrogen-bond acceptors (Lipinski definition) is 0. The van der Waals surface area contributed by atoms with E-state index in [1.807, 2.05) is 0 Å². The van der Waals surface area contributed by atoms with Crippen LogP contribution in [0.15, 0.2) is 158 Å². The third kappa shape index (κ3) is 3.79. The Kier molecular flexibility index (Phi) is 5.64. The Labute approximate surface area is 264 Å². The van der Waals surface area contributed by atoms with Gasteiger partial charge in [0, 0.05) is 5.41 Å². The van der Waals surface area contributed by atoms with Crippen molar-refractivity contribution in [3.05, 3.63) is 169 Å². The monoisotopic (exact) mass is 572 g/mol. The molecule has 0 radical (unpaired) electrons. The molecule has 8 aromatic carbocycles. The summed E-state index contributed by atoms with van der Waals surface area (Å²) < 4.78 is 0. The fraction of sp³-hybridized carbons (Fsp3) is 0.0667. The first kappa shape index (κ1) is 26.0. The maximum absolute atomic E-state index is 2.41. The normalized spacial score (nSPS) is 13.3. The van der Waals surface area contributed by atoms with Gasteiger partial charge < -0.3 is 0 Å². The van der Waals surface area contributed by atoms with Crippen LogP contribution in [0.4, 0.5) is 0 Å². The van der Waals surface area contributed by atoms with E-state index >= 15 is 0 Å². The maximum atomic E-state index is 2.41. The Balaban J connectivity index is 1.30. The Hall–Kier alpha value is -5.46. The second-order valence-corrected chi connectivity index (χ2v) is 12.8. The second-order valence-electron chi connectivity index (χ2n) is 12.8. The molecule has 0 aromatic heterocycles. The van der Waals surface area contributed by atoms with E-state index in [4.69, 9.17) is 0 Å². The van der Waals surface area contributed by atoms with Crippen LogP contribution >= 0.6 is 0 Å². The first-order valence-electron chi connectivity index (χ1n) is 15.9. The standard InChI is InChI=1S/C45H32/c1-45(2)40-24-11-10-18-33(40)39-27-26-32(34-23-13-25-41(45)44(34)39)30-16-12-17-31(28-30)43-37-21-8-6-19-35(37)42(29-14-4-3-5-15-29)36-20-7-9-22-38(36)43/h3-28H,1-2H3. The summed E-state index contributed by atoms with van der Waals surface area (Å²) in [5, 5.41) is 7.83. The van der Waals surface area contributed by atoms with Gasteiger partial charge in [-0.2, -0.15) is 0 Å². The first-order valence-corrected chi connectivity index (χ1v) is 15.9. The summed E-state index contributed by atoms with van der Waals surface area (Å²) in [4.78, 5) is 0. The molecule has 0 unspecified atom stereocenters. The molecular weight excluding hydrogens is 540 g/mol. The fourth-order valence-corrected chi connectivity index (χ4v) is 8.01. The number of rotatable bonds is 3. The van der Waals surface area contributed by atoms with E-state index in [1.165, 1.54) is 88.0 Å². The summed E-state index contributed by atoms with van der Waals surface area (Å²) in [6.45, 7) is 4.73. The highest BCUT2D eigenvalue weighted by molar-refractivity contribution is 6.21. The van der Waals surface area contributed by atoms with Crippen LogP contribution in [0, 0.1) is 0 Å². The predicted molar refractivity (Wildman–Crippen MR) is 193 cm³/mol. The van der Waals surface area contributed by atoms with Crippen LogP contribution in [0.1, 0.15) is 25.0 Å². The molecule has 212 valence electrons. The Bertz CT molecular complexity index is 2390. The fourth-order valence-electron chi connectivity index (χ4n) is 8.01. The lowest BCUT2D eigenvalue weighted by molar-refractivity contribution is 0.645. The molecule has 1 aliphatic carbocycles. The molecule has 0 fully saturated rings. The summed E-state index contributed by atoms with van der Waals surface area (Å²) in [5.41, 5.74) is 13.0. The topological polar surface area (TPSA) is 0 Å². The van der Waals surface area contributed by atoms with Crippen LogP contribution in [0.5, 0.6) is 0 Å². The summed E-state index contributed by atoms with van der Waals surface area (Å²) in [6, 6.07) is 58.3. The van der Waals surface area contributed by atoms with E-state index in [0.717, 1.165) is 0 Å². The molecule has 9 rings (SSSR count). The van der Waals surface area contributed by atoms with Crippen LogP contribution in [0.2, 0.25) is 0 Å². The molecule has 45 heavy (non-hydrogen) atoms. The SMILES string of the molecule is CC1(C)c2ccccc2-c2ccc(-c3cccc(-c4c5ccccc5c(-c5ccccc5)c5ccccc45)c3)c3cccc1c23. The number of benzene rings is 8. The minimum atomic E-state index is -0.0676. The number of hydrogen-bond donors (Lipinski definition) is 0. The lowest BCUT2D eigenvalue weighted by atomic mass is 9.68. The van der Waals surface area contributed by atoms with Gasteiger partial charge in [-0.25, -0.2) is 0 Å². The zero-order valence-electron chi connectivity index (χ0n) is 25.5. The Morgan fingerprint density at radius 2 is 0.822 bits per heavy atom. The van der Waals surface area contributed by atoms with Crippen molar-refractivity contribution in [2.45, 2.75) is 19.3 Å². The largest absolute Gasteiger partial charge is 0.0622 e. The highest BCUT2D eigenvalue weighted by Gasteiger charge is 2.33. The van der Waals surface area contributed by atoms with Gasteiger partial charge in [0.25, 0.3) is 0 Å². The minimum Gasteiger partial charge on any atom is -0.0622 e. The molecule has 1 aliphatic rings. The minimum absolute atomic E-state index is 0.0676. The molecule has 0 atom stereocenters. The predicted octanol–water partition coefficient (Wildman–Crippen LogP) is 12.5. The van der Waals surface area contributed by atoms with Crippen LogP contribution < -0.4 is 0 Å². The van der Waals surface area contributed by atoms with E-state index in [9.17, 15) is 0 Å². The summed E-state index contributed by atoms with van der Waals surface area (Å²) in [6.07, 6.45) is 0. The van der Waals surface area contributed by atoms with Crippen molar-refractivity contribution in [1.82, 2.24) is 0 Å². The van der Waals surface area contributed by atoms with Crippen molar-refractivity contribution >= 4 is 32.3 Å². The van der Waals surface area contributed by atoms with Crippen molar-refractivity contribution in [3.63, 3.8) is 0 Å². The maximum Gasteiger partial charge on any atom is 0.0159 e. The summed E-state index contributed by atoms with van der Waals surface area (Å²) >= 11 is 0. The van der Waals surface area contributed by atoms with Crippen LogP contribution in [-0.4, -0.2) is 0 Å². The van der Waals surface area contributed by atoms with Gasteiger partial charge in [-0.1, -0.05) is 166 Å². The summed E-state index contributed by atoms with van der Waals surface area (Å²) in [5.74, 6) is 0. The van der Waals surface area contributed by atoms with Gasteiger partial charge in [-0.05, 0) is 94.0 Å². The molecular formula is C45H32. The summed E-state index contributed by atoms with van der Waals surface area (Å²) in [7, 11) is 0. The molecule has 0 heterocycles. The molecule has 0 saturated heterocycles. The van der Waals surface area contributed by atoms with Crippen LogP contribution in [-0.2, 0) is 5.41 Å². The van der Waals surface area contributed by atoms with Gasteiger partial charge >= 0.3 is 0 Å².